The van der Waals surface area contributed by atoms with Gasteiger partial charge in [-0.3, -0.25) is 10.1 Å². The Balaban J connectivity index is 2.18. The van der Waals surface area contributed by atoms with E-state index in [-0.39, 0.29) is 29.1 Å². The van der Waals surface area contributed by atoms with Crippen LogP contribution in [0.2, 0.25) is 0 Å². The van der Waals surface area contributed by atoms with Gasteiger partial charge in [-0.05, 0) is 43.3 Å². The Morgan fingerprint density at radius 2 is 1.94 bits per heavy atom. The SMILES string of the molecule is CCOc1ccc(NC(=C(C(Cl)=C(Cl)NCCN)[N+](=O)[O-])n2nnc3ccccc32)cc1. The normalized spacial score (nSPS) is 12.8. The molecule has 0 unspecified atom stereocenters. The molecule has 32 heavy (non-hydrogen) atoms. The van der Waals surface area contributed by atoms with Crippen LogP contribution in [0.3, 0.4) is 0 Å². The van der Waals surface area contributed by atoms with Gasteiger partial charge in [-0.15, -0.1) is 5.10 Å². The van der Waals surface area contributed by atoms with Gasteiger partial charge in [0.25, 0.3) is 0 Å². The number of rotatable bonds is 10. The van der Waals surface area contributed by atoms with Crippen molar-refractivity contribution in [1.82, 2.24) is 20.3 Å². The van der Waals surface area contributed by atoms with Crippen LogP contribution >= 0.6 is 23.2 Å². The lowest BCUT2D eigenvalue weighted by molar-refractivity contribution is -0.419. The fraction of sp³-hybridized carbons (Fsp3) is 0.200. The Kier molecular flexibility index (Phi) is 7.87. The fourth-order valence-electron chi connectivity index (χ4n) is 2.82. The smallest absolute Gasteiger partial charge is 0.333 e. The number of fused-ring (bicyclic) bond motifs is 1. The predicted molar refractivity (Wildman–Crippen MR) is 125 cm³/mol. The molecule has 4 N–H and O–H groups in total. The van der Waals surface area contributed by atoms with Gasteiger partial charge >= 0.3 is 5.70 Å². The van der Waals surface area contributed by atoms with Gasteiger partial charge in [-0.1, -0.05) is 40.5 Å². The molecule has 168 valence electrons. The highest BCUT2D eigenvalue weighted by atomic mass is 35.5. The van der Waals surface area contributed by atoms with Crippen LogP contribution in [-0.2, 0) is 0 Å². The summed E-state index contributed by atoms with van der Waals surface area (Å²) in [5.74, 6) is 0.627. The first-order valence-corrected chi connectivity index (χ1v) is 10.4. The van der Waals surface area contributed by atoms with Crippen LogP contribution in [-0.4, -0.2) is 39.6 Å². The second-order valence-corrected chi connectivity index (χ2v) is 7.13. The molecule has 1 aromatic heterocycles. The highest BCUT2D eigenvalue weighted by Crippen LogP contribution is 2.29. The number of hydrogen-bond acceptors (Lipinski definition) is 8. The molecule has 1 heterocycles. The molecule has 3 aromatic rings. The first-order valence-electron chi connectivity index (χ1n) is 9.65. The largest absolute Gasteiger partial charge is 0.494 e. The first-order chi connectivity index (χ1) is 15.5. The molecule has 0 aliphatic rings. The number of nitrogens with two attached hydrogens (primary N) is 1. The molecule has 10 nitrogen and oxygen atoms in total. The summed E-state index contributed by atoms with van der Waals surface area (Å²) < 4.78 is 6.75. The van der Waals surface area contributed by atoms with Crippen molar-refractivity contribution in [1.29, 1.82) is 0 Å². The van der Waals surface area contributed by atoms with Crippen LogP contribution in [0.25, 0.3) is 16.9 Å². The Morgan fingerprint density at radius 1 is 1.22 bits per heavy atom. The average molecular weight is 478 g/mol. The zero-order chi connectivity index (χ0) is 23.1. The molecule has 0 radical (unpaired) electrons. The Labute approximate surface area is 193 Å². The Bertz CT molecular complexity index is 1160. The van der Waals surface area contributed by atoms with Crippen molar-refractivity contribution in [3.8, 4) is 5.75 Å². The maximum atomic E-state index is 12.1. The number of aromatic nitrogens is 3. The first kappa shape index (κ1) is 23.3. The predicted octanol–water partition coefficient (Wildman–Crippen LogP) is 3.54. The third-order valence-electron chi connectivity index (χ3n) is 4.22. The second kappa shape index (κ2) is 10.8. The molecule has 0 fully saturated rings. The summed E-state index contributed by atoms with van der Waals surface area (Å²) in [6, 6.07) is 13.9. The standard InChI is InChI=1S/C20H21Cl2N7O3/c1-2-32-14-9-7-13(8-10-14)25-20(28-16-6-4-3-5-15(16)26-27-28)18(29(30)31)17(21)19(22)24-12-11-23/h3-10,24-25H,2,11-12,23H2,1H3. The monoisotopic (exact) mass is 477 g/mol. The van der Waals surface area contributed by atoms with Gasteiger partial charge in [0.05, 0.1) is 17.0 Å². The molecule has 0 aliphatic carbocycles. The van der Waals surface area contributed by atoms with Crippen LogP contribution in [0.1, 0.15) is 6.92 Å². The molecule has 0 saturated carbocycles. The number of ether oxygens (including phenoxy) is 1. The highest BCUT2D eigenvalue weighted by molar-refractivity contribution is 6.40. The van der Waals surface area contributed by atoms with Crippen molar-refractivity contribution >= 4 is 45.7 Å². The van der Waals surface area contributed by atoms with E-state index in [0.29, 0.717) is 29.1 Å². The minimum atomic E-state index is -0.637. The topological polar surface area (TPSA) is 133 Å². The number of benzene rings is 2. The van der Waals surface area contributed by atoms with Crippen molar-refractivity contribution in [2.45, 2.75) is 6.92 Å². The number of nitro groups is 1. The van der Waals surface area contributed by atoms with E-state index in [1.165, 1.54) is 4.68 Å². The highest BCUT2D eigenvalue weighted by Gasteiger charge is 2.29. The molecule has 12 heteroatoms. The fourth-order valence-corrected chi connectivity index (χ4v) is 3.23. The summed E-state index contributed by atoms with van der Waals surface area (Å²) in [5.41, 5.74) is 6.60. The van der Waals surface area contributed by atoms with E-state index in [1.807, 2.05) is 6.92 Å². The number of halogens is 2. The summed E-state index contributed by atoms with van der Waals surface area (Å²) in [6.45, 7) is 2.95. The minimum absolute atomic E-state index is 0.0365. The lowest BCUT2D eigenvalue weighted by Gasteiger charge is -2.14. The van der Waals surface area contributed by atoms with Crippen molar-refractivity contribution in [3.63, 3.8) is 0 Å². The van der Waals surface area contributed by atoms with Crippen molar-refractivity contribution in [2.75, 3.05) is 25.0 Å². The van der Waals surface area contributed by atoms with E-state index in [4.69, 9.17) is 33.7 Å². The Hall–Kier alpha value is -3.34. The van der Waals surface area contributed by atoms with Crippen LogP contribution < -0.4 is 21.1 Å². The molecular formula is C20H21Cl2N7O3. The van der Waals surface area contributed by atoms with E-state index >= 15 is 0 Å². The third-order valence-corrected chi connectivity index (χ3v) is 5.01. The van der Waals surface area contributed by atoms with E-state index in [1.54, 1.807) is 48.5 Å². The maximum absolute atomic E-state index is 12.1. The second-order valence-electron chi connectivity index (χ2n) is 6.37. The molecule has 0 amide bonds. The summed E-state index contributed by atoms with van der Waals surface area (Å²) in [5, 5.41) is 25.7. The number of para-hydroxylation sites is 1. The maximum Gasteiger partial charge on any atom is 0.333 e. The molecule has 2 aromatic carbocycles. The van der Waals surface area contributed by atoms with Crippen LogP contribution in [0.4, 0.5) is 5.69 Å². The lowest BCUT2D eigenvalue weighted by Crippen LogP contribution is -2.22. The average Bonchev–Trinajstić information content (AvgIpc) is 3.22. The Morgan fingerprint density at radius 3 is 2.59 bits per heavy atom. The zero-order valence-electron chi connectivity index (χ0n) is 17.1. The van der Waals surface area contributed by atoms with Gasteiger partial charge in [-0.2, -0.15) is 4.68 Å². The molecule has 3 rings (SSSR count). The quantitative estimate of drug-likeness (QED) is 0.174. The zero-order valence-corrected chi connectivity index (χ0v) is 18.6. The molecule has 0 bridgehead atoms. The van der Waals surface area contributed by atoms with Crippen LogP contribution in [0, 0.1) is 10.1 Å². The van der Waals surface area contributed by atoms with Gasteiger partial charge in [0.15, 0.2) is 5.03 Å². The third kappa shape index (κ3) is 5.28. The van der Waals surface area contributed by atoms with Crippen molar-refractivity contribution in [2.24, 2.45) is 5.73 Å². The summed E-state index contributed by atoms with van der Waals surface area (Å²) in [6.07, 6.45) is 0. The molecular weight excluding hydrogens is 457 g/mol. The summed E-state index contributed by atoms with van der Waals surface area (Å²) >= 11 is 12.5. The number of anilines is 1. The van der Waals surface area contributed by atoms with Crippen molar-refractivity contribution < 1.29 is 9.66 Å². The lowest BCUT2D eigenvalue weighted by atomic mass is 10.2. The number of hydrogen-bond donors (Lipinski definition) is 3. The van der Waals surface area contributed by atoms with Gasteiger partial charge < -0.3 is 21.1 Å². The van der Waals surface area contributed by atoms with E-state index in [0.717, 1.165) is 0 Å². The van der Waals surface area contributed by atoms with E-state index in [2.05, 4.69) is 20.9 Å². The number of nitrogens with zero attached hydrogens (tertiary/aromatic N) is 4. The van der Waals surface area contributed by atoms with Crippen LogP contribution in [0.15, 0.2) is 64.4 Å². The van der Waals surface area contributed by atoms with Gasteiger partial charge in [0.2, 0.25) is 5.82 Å². The van der Waals surface area contributed by atoms with E-state index in [9.17, 15) is 10.1 Å². The number of nitrogens with one attached hydrogen (secondary N) is 2. The molecule has 0 aliphatic heterocycles. The van der Waals surface area contributed by atoms with Gasteiger partial charge in [0.1, 0.15) is 16.4 Å². The van der Waals surface area contributed by atoms with Crippen LogP contribution in [0.5, 0.6) is 5.75 Å². The molecule has 0 atom stereocenters. The van der Waals surface area contributed by atoms with Crippen molar-refractivity contribution in [3.05, 3.63) is 74.5 Å². The number of allylic oxidation sites excluding steroid dienone is 1. The summed E-state index contributed by atoms with van der Waals surface area (Å²) in [7, 11) is 0. The summed E-state index contributed by atoms with van der Waals surface area (Å²) in [4.78, 5) is 11.5. The van der Waals surface area contributed by atoms with Gasteiger partial charge in [0, 0.05) is 18.8 Å². The molecule has 0 spiro atoms. The molecule has 0 saturated heterocycles. The minimum Gasteiger partial charge on any atom is -0.494 e. The van der Waals surface area contributed by atoms with E-state index < -0.39 is 10.6 Å². The van der Waals surface area contributed by atoms with Gasteiger partial charge in [-0.25, -0.2) is 0 Å².